The lowest BCUT2D eigenvalue weighted by molar-refractivity contribution is -0.120. The number of benzene rings is 2. The highest BCUT2D eigenvalue weighted by atomic mass is 32.2. The number of nitrogens with zero attached hydrogens (tertiary/aromatic N) is 2. The zero-order valence-electron chi connectivity index (χ0n) is 17.8. The van der Waals surface area contributed by atoms with Crippen LogP contribution < -0.4 is 10.2 Å². The summed E-state index contributed by atoms with van der Waals surface area (Å²) in [5.74, 6) is 1.78. The molecule has 1 amide bonds. The molecule has 0 spiro atoms. The lowest BCUT2D eigenvalue weighted by Crippen LogP contribution is -2.47. The van der Waals surface area contributed by atoms with Crippen molar-refractivity contribution in [2.75, 3.05) is 31.1 Å². The molecule has 1 aliphatic rings. The summed E-state index contributed by atoms with van der Waals surface area (Å²) in [6.07, 6.45) is 0. The van der Waals surface area contributed by atoms with Crippen LogP contribution in [0.1, 0.15) is 31.9 Å². The van der Waals surface area contributed by atoms with Crippen LogP contribution in [0.25, 0.3) is 0 Å². The van der Waals surface area contributed by atoms with Crippen LogP contribution in [-0.2, 0) is 17.1 Å². The first-order valence-corrected chi connectivity index (χ1v) is 11.9. The summed E-state index contributed by atoms with van der Waals surface area (Å²) in [6.45, 7) is 10.8. The number of piperazine rings is 1. The summed E-state index contributed by atoms with van der Waals surface area (Å²) in [6, 6.07) is 19.5. The van der Waals surface area contributed by atoms with Crippen molar-refractivity contribution >= 4 is 27.6 Å². The van der Waals surface area contributed by atoms with Crippen molar-refractivity contribution in [2.24, 2.45) is 5.92 Å². The molecule has 1 saturated heterocycles. The van der Waals surface area contributed by atoms with Crippen LogP contribution in [0.3, 0.4) is 0 Å². The molecule has 1 fully saturated rings. The Kier molecular flexibility index (Phi) is 7.90. The Hall–Kier alpha value is -2.11. The number of hydrogen-bond acceptors (Lipinski definition) is 3. The number of hydrogen-bond donors (Lipinski definition) is 1. The minimum absolute atomic E-state index is 0.0893. The van der Waals surface area contributed by atoms with Crippen molar-refractivity contribution in [2.45, 2.75) is 33.1 Å². The minimum atomic E-state index is 0.0893. The lowest BCUT2D eigenvalue weighted by atomic mass is 10.1. The summed E-state index contributed by atoms with van der Waals surface area (Å²) in [4.78, 5) is 13.8. The third-order valence-electron chi connectivity index (χ3n) is 5.03. The van der Waals surface area contributed by atoms with Gasteiger partial charge in [0, 0.05) is 37.6 Å². The van der Waals surface area contributed by atoms with Crippen molar-refractivity contribution in [1.82, 2.24) is 9.62 Å². The maximum atomic E-state index is 11.7. The summed E-state index contributed by atoms with van der Waals surface area (Å²) in [5.41, 5.74) is 3.84. The van der Waals surface area contributed by atoms with Gasteiger partial charge in [-0.3, -0.25) is 9.10 Å². The largest absolute Gasteiger partial charge is 0.360 e. The molecule has 3 rings (SSSR count). The predicted octanol–water partition coefficient (Wildman–Crippen LogP) is 4.29. The standard InChI is InChI=1S/C24H33N3OS/c1-4-29(19-22-8-6-5-7-9-22)27(16-20(2)3)17-21-10-12-23(13-11-21)26-15-14-25-24(28)18-26/h4-13,20H,14-19H2,1-3H3,(H,25,28). The predicted molar refractivity (Wildman–Crippen MR) is 126 cm³/mol. The summed E-state index contributed by atoms with van der Waals surface area (Å²) >= 11 is 0. The van der Waals surface area contributed by atoms with E-state index < -0.39 is 0 Å². The van der Waals surface area contributed by atoms with Gasteiger partial charge in [-0.2, -0.15) is 0 Å². The van der Waals surface area contributed by atoms with Crippen LogP contribution in [0.2, 0.25) is 0 Å². The Morgan fingerprint density at radius 1 is 1.10 bits per heavy atom. The maximum absolute atomic E-state index is 11.7. The van der Waals surface area contributed by atoms with E-state index >= 15 is 0 Å². The van der Waals surface area contributed by atoms with E-state index in [-0.39, 0.29) is 16.6 Å². The Balaban J connectivity index is 1.71. The van der Waals surface area contributed by atoms with Gasteiger partial charge in [0.25, 0.3) is 0 Å². The number of nitrogens with one attached hydrogen (secondary N) is 1. The molecule has 2 aromatic rings. The molecule has 1 N–H and O–H groups in total. The van der Waals surface area contributed by atoms with Crippen LogP contribution in [0.4, 0.5) is 5.69 Å². The van der Waals surface area contributed by atoms with Crippen LogP contribution in [0.5, 0.6) is 0 Å². The van der Waals surface area contributed by atoms with E-state index in [0.717, 1.165) is 37.6 Å². The smallest absolute Gasteiger partial charge is 0.239 e. The highest BCUT2D eigenvalue weighted by Crippen LogP contribution is 2.28. The maximum Gasteiger partial charge on any atom is 0.239 e. The number of carbonyl (C=O) groups excluding carboxylic acids is 1. The topological polar surface area (TPSA) is 35.6 Å². The van der Waals surface area contributed by atoms with Crippen molar-refractivity contribution in [3.63, 3.8) is 0 Å². The Morgan fingerprint density at radius 3 is 2.45 bits per heavy atom. The van der Waals surface area contributed by atoms with Crippen molar-refractivity contribution in [3.05, 3.63) is 65.7 Å². The monoisotopic (exact) mass is 411 g/mol. The third kappa shape index (κ3) is 6.44. The fourth-order valence-electron chi connectivity index (χ4n) is 3.59. The van der Waals surface area contributed by atoms with E-state index in [4.69, 9.17) is 0 Å². The highest BCUT2D eigenvalue weighted by molar-refractivity contribution is 8.12. The van der Waals surface area contributed by atoms with Crippen molar-refractivity contribution in [1.29, 1.82) is 0 Å². The molecule has 0 radical (unpaired) electrons. The molecule has 1 unspecified atom stereocenters. The fraction of sp³-hybridized carbons (Fsp3) is 0.417. The van der Waals surface area contributed by atoms with Crippen LogP contribution >= 0.6 is 10.7 Å². The first kappa shape index (κ1) is 21.6. The van der Waals surface area contributed by atoms with E-state index in [1.165, 1.54) is 11.1 Å². The third-order valence-corrected chi connectivity index (χ3v) is 7.14. The Labute approximate surface area is 178 Å². The van der Waals surface area contributed by atoms with Gasteiger partial charge in [-0.25, -0.2) is 0 Å². The number of anilines is 1. The fourth-order valence-corrected chi connectivity index (χ4v) is 5.58. The van der Waals surface area contributed by atoms with Gasteiger partial charge in [-0.15, -0.1) is 10.7 Å². The van der Waals surface area contributed by atoms with Gasteiger partial charge in [-0.05, 0) is 41.5 Å². The van der Waals surface area contributed by atoms with Crippen LogP contribution in [0, 0.1) is 5.92 Å². The zero-order valence-corrected chi connectivity index (χ0v) is 18.6. The average molecular weight is 412 g/mol. The minimum Gasteiger partial charge on any atom is -0.360 e. The van der Waals surface area contributed by atoms with Crippen molar-refractivity contribution < 1.29 is 4.79 Å². The van der Waals surface area contributed by atoms with Gasteiger partial charge in [0.2, 0.25) is 5.91 Å². The Bertz CT molecular complexity index is 818. The van der Waals surface area contributed by atoms with Crippen molar-refractivity contribution in [3.8, 4) is 0 Å². The quantitative estimate of drug-likeness (QED) is 0.659. The van der Waals surface area contributed by atoms with E-state index in [1.54, 1.807) is 0 Å². The molecule has 1 heterocycles. The summed E-state index contributed by atoms with van der Waals surface area (Å²) < 4.78 is 2.61. The molecule has 0 saturated carbocycles. The number of rotatable bonds is 8. The second-order valence-corrected chi connectivity index (χ2v) is 10.00. The second-order valence-electron chi connectivity index (χ2n) is 7.92. The molecule has 156 valence electrons. The van der Waals surface area contributed by atoms with Gasteiger partial charge in [0.1, 0.15) is 0 Å². The molecule has 29 heavy (non-hydrogen) atoms. The van der Waals surface area contributed by atoms with Crippen LogP contribution in [0.15, 0.2) is 54.6 Å². The van der Waals surface area contributed by atoms with E-state index in [9.17, 15) is 4.79 Å². The lowest BCUT2D eigenvalue weighted by Gasteiger charge is -2.30. The summed E-state index contributed by atoms with van der Waals surface area (Å²) in [7, 11) is 0.0893. The number of carbonyl (C=O) groups is 1. The van der Waals surface area contributed by atoms with E-state index in [2.05, 4.69) is 95.3 Å². The molecule has 5 heteroatoms. The first-order chi connectivity index (χ1) is 14.0. The highest BCUT2D eigenvalue weighted by Gasteiger charge is 2.17. The number of amides is 1. The molecule has 1 aliphatic heterocycles. The molecule has 0 aromatic heterocycles. The molecular formula is C24H33N3OS. The Morgan fingerprint density at radius 2 is 1.83 bits per heavy atom. The summed E-state index contributed by atoms with van der Waals surface area (Å²) in [5, 5.41) is 5.24. The van der Waals surface area contributed by atoms with Crippen LogP contribution in [-0.4, -0.2) is 41.8 Å². The van der Waals surface area contributed by atoms with Gasteiger partial charge < -0.3 is 10.2 Å². The second kappa shape index (κ2) is 10.6. The molecule has 0 aliphatic carbocycles. The van der Waals surface area contributed by atoms with Gasteiger partial charge >= 0.3 is 0 Å². The van der Waals surface area contributed by atoms with E-state index in [0.29, 0.717) is 12.5 Å². The first-order valence-electron chi connectivity index (χ1n) is 10.4. The SMILES string of the molecule is CC=S(Cc1ccccc1)N(Cc1ccc(N2CCNC(=O)C2)cc1)CC(C)C. The van der Waals surface area contributed by atoms with Gasteiger partial charge in [0.05, 0.1) is 6.54 Å². The van der Waals surface area contributed by atoms with Gasteiger partial charge in [-0.1, -0.05) is 56.3 Å². The molecule has 2 aromatic carbocycles. The average Bonchev–Trinajstić information content (AvgIpc) is 2.72. The molecular weight excluding hydrogens is 378 g/mol. The zero-order chi connectivity index (χ0) is 20.6. The van der Waals surface area contributed by atoms with Gasteiger partial charge in [0.15, 0.2) is 0 Å². The normalized spacial score (nSPS) is 15.8. The molecule has 4 nitrogen and oxygen atoms in total. The molecule has 1 atom stereocenters. The van der Waals surface area contributed by atoms with E-state index in [1.807, 2.05) is 0 Å². The molecule has 0 bridgehead atoms.